The van der Waals surface area contributed by atoms with E-state index in [-0.39, 0.29) is 42.3 Å². The van der Waals surface area contributed by atoms with Crippen LogP contribution in [0, 0.1) is 6.92 Å². The molecule has 182 valence electrons. The first-order valence-electron chi connectivity index (χ1n) is 10.9. The molecule has 11 nitrogen and oxygen atoms in total. The summed E-state index contributed by atoms with van der Waals surface area (Å²) in [4.78, 5) is 41.9. The first-order chi connectivity index (χ1) is 16.0. The van der Waals surface area contributed by atoms with Crippen molar-refractivity contribution >= 4 is 33.6 Å². The highest BCUT2D eigenvalue weighted by molar-refractivity contribution is 7.89. The maximum Gasteiger partial charge on any atom is 0.333 e. The number of urea groups is 1. The number of hydrogen-bond acceptors (Lipinski definition) is 6. The van der Waals surface area contributed by atoms with E-state index in [1.54, 1.807) is 14.0 Å². The Hall–Kier alpha value is -3.22. The van der Waals surface area contributed by atoms with E-state index in [1.165, 1.54) is 30.9 Å². The molecule has 2 aliphatic heterocycles. The topological polar surface area (TPSA) is 129 Å². The van der Waals surface area contributed by atoms with Gasteiger partial charge < -0.3 is 10.3 Å². The molecule has 0 bridgehead atoms. The maximum absolute atomic E-state index is 13.0. The molecule has 1 aromatic heterocycles. The number of imide groups is 1. The second-order valence-electron chi connectivity index (χ2n) is 8.63. The molecule has 2 fully saturated rings. The number of aryl methyl sites for hydroxylation is 2. The monoisotopic (exact) mass is 488 g/mol. The fraction of sp³-hybridized carbons (Fsp3) is 0.409. The van der Waals surface area contributed by atoms with Crippen molar-refractivity contribution in [1.29, 1.82) is 0 Å². The summed E-state index contributed by atoms with van der Waals surface area (Å²) in [6.07, 6.45) is 1.37. The third-order valence-corrected chi connectivity index (χ3v) is 8.17. The quantitative estimate of drug-likeness (QED) is 0.592. The van der Waals surface area contributed by atoms with E-state index in [9.17, 15) is 22.8 Å². The zero-order valence-corrected chi connectivity index (χ0v) is 20.2. The molecular formula is C22H28N6O5S. The van der Waals surface area contributed by atoms with Crippen LogP contribution in [0.5, 0.6) is 0 Å². The number of rotatable bonds is 6. The lowest BCUT2D eigenvalue weighted by atomic mass is 10.2. The second-order valence-corrected chi connectivity index (χ2v) is 10.6. The highest BCUT2D eigenvalue weighted by Gasteiger charge is 2.44. The lowest BCUT2D eigenvalue weighted by Crippen LogP contribution is -2.52. The number of carbonyl (C=O) groups excluding carboxylic acids is 3. The average molecular weight is 489 g/mol. The van der Waals surface area contributed by atoms with E-state index in [2.05, 4.69) is 0 Å². The van der Waals surface area contributed by atoms with Crippen LogP contribution < -0.4 is 10.6 Å². The number of nitrogens with two attached hydrogens (primary N) is 1. The molecule has 0 aliphatic carbocycles. The number of anilines is 1. The smallest absolute Gasteiger partial charge is 0.333 e. The predicted molar refractivity (Wildman–Crippen MR) is 124 cm³/mol. The molecule has 0 spiro atoms. The summed E-state index contributed by atoms with van der Waals surface area (Å²) in [6.45, 7) is 4.83. The van der Waals surface area contributed by atoms with E-state index < -0.39 is 22.0 Å². The molecule has 4 rings (SSSR count). The normalized spacial score (nSPS) is 20.4. The summed E-state index contributed by atoms with van der Waals surface area (Å²) in [7, 11) is -2.25. The van der Waals surface area contributed by atoms with Gasteiger partial charge in [-0.3, -0.25) is 19.4 Å². The van der Waals surface area contributed by atoms with Crippen LogP contribution in [0.1, 0.15) is 23.0 Å². The molecule has 0 saturated carbocycles. The summed E-state index contributed by atoms with van der Waals surface area (Å²) >= 11 is 0. The number of aromatic nitrogens is 1. The average Bonchev–Trinajstić information content (AvgIpc) is 3.29. The van der Waals surface area contributed by atoms with E-state index in [0.717, 1.165) is 5.56 Å². The van der Waals surface area contributed by atoms with Crippen LogP contribution in [0.15, 0.2) is 41.4 Å². The Balaban J connectivity index is 1.41. The van der Waals surface area contributed by atoms with Crippen molar-refractivity contribution in [2.75, 3.05) is 37.7 Å². The molecule has 2 N–H and O–H groups in total. The van der Waals surface area contributed by atoms with Crippen LogP contribution in [0.25, 0.3) is 0 Å². The molecule has 0 radical (unpaired) electrons. The second kappa shape index (κ2) is 8.85. The van der Waals surface area contributed by atoms with Gasteiger partial charge in [0.25, 0.3) is 11.8 Å². The molecule has 2 aromatic rings. The SMILES string of the molecule is Cc1ccc(N2C(=O)N(CN3CCN(S(=O)(=O)c4cc(C(N)=O)n(C)c4)CC3)C(=O)C2C)cc1. The maximum atomic E-state index is 13.0. The van der Waals surface area contributed by atoms with Crippen LogP contribution in [0.3, 0.4) is 0 Å². The van der Waals surface area contributed by atoms with E-state index in [1.807, 2.05) is 36.1 Å². The summed E-state index contributed by atoms with van der Waals surface area (Å²) in [5.41, 5.74) is 7.12. The predicted octanol–water partition coefficient (Wildman–Crippen LogP) is 0.554. The molecule has 1 aromatic carbocycles. The molecule has 2 saturated heterocycles. The van der Waals surface area contributed by atoms with Crippen LogP contribution >= 0.6 is 0 Å². The summed E-state index contributed by atoms with van der Waals surface area (Å²) in [5, 5.41) is 0. The Morgan fingerprint density at radius 3 is 2.26 bits per heavy atom. The van der Waals surface area contributed by atoms with Crippen LogP contribution in [-0.4, -0.2) is 83.8 Å². The summed E-state index contributed by atoms with van der Waals surface area (Å²) in [5.74, 6) is -0.994. The first kappa shape index (κ1) is 23.9. The Morgan fingerprint density at radius 2 is 1.71 bits per heavy atom. The minimum absolute atomic E-state index is 0.00436. The minimum atomic E-state index is -3.80. The van der Waals surface area contributed by atoms with Crippen molar-refractivity contribution in [3.8, 4) is 0 Å². The number of benzene rings is 1. The first-order valence-corrected chi connectivity index (χ1v) is 12.3. The lowest BCUT2D eigenvalue weighted by molar-refractivity contribution is -0.128. The number of hydrogen-bond donors (Lipinski definition) is 1. The number of sulfonamides is 1. The van der Waals surface area contributed by atoms with Gasteiger partial charge in [-0.1, -0.05) is 17.7 Å². The lowest BCUT2D eigenvalue weighted by Gasteiger charge is -2.35. The van der Waals surface area contributed by atoms with Crippen molar-refractivity contribution in [1.82, 2.24) is 18.7 Å². The third-order valence-electron chi connectivity index (χ3n) is 6.30. The minimum Gasteiger partial charge on any atom is -0.364 e. The number of amides is 4. The van der Waals surface area contributed by atoms with Crippen molar-refractivity contribution in [2.45, 2.75) is 24.8 Å². The van der Waals surface area contributed by atoms with E-state index in [4.69, 9.17) is 5.73 Å². The zero-order valence-electron chi connectivity index (χ0n) is 19.3. The molecule has 3 heterocycles. The van der Waals surface area contributed by atoms with Gasteiger partial charge in [0.2, 0.25) is 10.0 Å². The number of carbonyl (C=O) groups is 3. The number of primary amides is 1. The Morgan fingerprint density at radius 1 is 1.09 bits per heavy atom. The van der Waals surface area contributed by atoms with Gasteiger partial charge >= 0.3 is 6.03 Å². The third kappa shape index (κ3) is 4.19. The van der Waals surface area contributed by atoms with Crippen LogP contribution in [0.4, 0.5) is 10.5 Å². The molecule has 12 heteroatoms. The van der Waals surface area contributed by atoms with Gasteiger partial charge in [0, 0.05) is 45.1 Å². The molecule has 34 heavy (non-hydrogen) atoms. The van der Waals surface area contributed by atoms with Gasteiger partial charge in [-0.2, -0.15) is 4.31 Å². The molecule has 1 unspecified atom stereocenters. The van der Waals surface area contributed by atoms with Crippen molar-refractivity contribution in [3.05, 3.63) is 47.8 Å². The highest BCUT2D eigenvalue weighted by Crippen LogP contribution is 2.27. The number of piperazine rings is 1. The van der Waals surface area contributed by atoms with Gasteiger partial charge in [-0.15, -0.1) is 0 Å². The van der Waals surface area contributed by atoms with Gasteiger partial charge in [-0.05, 0) is 32.0 Å². The van der Waals surface area contributed by atoms with Crippen molar-refractivity contribution < 1.29 is 22.8 Å². The van der Waals surface area contributed by atoms with E-state index >= 15 is 0 Å². The highest BCUT2D eigenvalue weighted by atomic mass is 32.2. The van der Waals surface area contributed by atoms with Gasteiger partial charge in [0.05, 0.1) is 6.67 Å². The fourth-order valence-corrected chi connectivity index (χ4v) is 5.77. The van der Waals surface area contributed by atoms with Crippen molar-refractivity contribution in [2.24, 2.45) is 12.8 Å². The largest absolute Gasteiger partial charge is 0.364 e. The molecule has 4 amide bonds. The molecule has 1 atom stereocenters. The van der Waals surface area contributed by atoms with Crippen LogP contribution in [-0.2, 0) is 21.9 Å². The summed E-state index contributed by atoms with van der Waals surface area (Å²) in [6, 6.07) is 7.68. The Bertz CT molecular complexity index is 1230. The van der Waals surface area contributed by atoms with E-state index in [0.29, 0.717) is 18.8 Å². The zero-order chi connectivity index (χ0) is 24.8. The standard InChI is InChI=1S/C22H28N6O5S/c1-15-4-6-17(7-5-15)28-16(2)21(30)27(22(28)31)14-25-8-10-26(11-9-25)34(32,33)18-12-19(20(23)29)24(3)13-18/h4-7,12-13,16H,8-11,14H2,1-3H3,(H2,23,29). The van der Waals surface area contributed by atoms with Crippen molar-refractivity contribution in [3.63, 3.8) is 0 Å². The Kier molecular flexibility index (Phi) is 6.23. The number of nitrogens with zero attached hydrogens (tertiary/aromatic N) is 5. The van der Waals surface area contributed by atoms with Gasteiger partial charge in [-0.25, -0.2) is 18.1 Å². The van der Waals surface area contributed by atoms with Crippen LogP contribution in [0.2, 0.25) is 0 Å². The Labute approximate surface area is 198 Å². The fourth-order valence-electron chi connectivity index (χ4n) is 4.28. The molecule has 2 aliphatic rings. The van der Waals surface area contributed by atoms with Gasteiger partial charge in [0.15, 0.2) is 0 Å². The van der Waals surface area contributed by atoms with Gasteiger partial charge in [0.1, 0.15) is 16.6 Å². The summed E-state index contributed by atoms with van der Waals surface area (Å²) < 4.78 is 28.7. The molecular weight excluding hydrogens is 460 g/mol.